The Morgan fingerprint density at radius 1 is 1.17 bits per heavy atom. The van der Waals surface area contributed by atoms with Gasteiger partial charge in [0, 0.05) is 0 Å². The predicted octanol–water partition coefficient (Wildman–Crippen LogP) is 2.61. The molecule has 2 N–H and O–H groups in total. The van der Waals surface area contributed by atoms with E-state index in [1.54, 1.807) is 6.92 Å². The number of carbonyl (C=O) groups is 2. The van der Waals surface area contributed by atoms with Crippen molar-refractivity contribution in [2.75, 3.05) is 0 Å². The van der Waals surface area contributed by atoms with Crippen LogP contribution in [0.15, 0.2) is 41.0 Å². The van der Waals surface area contributed by atoms with Crippen molar-refractivity contribution in [3.05, 3.63) is 59.0 Å². The summed E-state index contributed by atoms with van der Waals surface area (Å²) in [4.78, 5) is 23.4. The van der Waals surface area contributed by atoms with Gasteiger partial charge < -0.3 is 4.42 Å². The molecule has 0 unspecified atom stereocenters. The number of alkyl halides is 3. The van der Waals surface area contributed by atoms with Crippen LogP contribution in [0.3, 0.4) is 0 Å². The Kier molecular flexibility index (Phi) is 4.73. The van der Waals surface area contributed by atoms with E-state index >= 15 is 0 Å². The molecule has 23 heavy (non-hydrogen) atoms. The minimum Gasteiger partial charge on any atom is -0.469 e. The average Bonchev–Trinajstić information content (AvgIpc) is 2.90. The van der Waals surface area contributed by atoms with Crippen molar-refractivity contribution >= 4 is 11.8 Å². The SMILES string of the molecule is Cc1occc1C(=O)NNC(=O)Cc1cccc(C(F)(F)F)c1. The lowest BCUT2D eigenvalue weighted by Gasteiger charge is -2.09. The van der Waals surface area contributed by atoms with Crippen LogP contribution in [-0.2, 0) is 17.4 Å². The van der Waals surface area contributed by atoms with Crippen molar-refractivity contribution in [3.63, 3.8) is 0 Å². The number of hydrogen-bond donors (Lipinski definition) is 2. The predicted molar refractivity (Wildman–Crippen MR) is 74.2 cm³/mol. The van der Waals surface area contributed by atoms with E-state index in [1.807, 2.05) is 0 Å². The number of benzene rings is 1. The standard InChI is InChI=1S/C15H13F3N2O3/c1-9-12(5-6-23-9)14(22)20-19-13(21)8-10-3-2-4-11(7-10)15(16,17)18/h2-7H,8H2,1H3,(H,19,21)(H,20,22). The molecule has 2 rings (SSSR count). The topological polar surface area (TPSA) is 71.3 Å². The third kappa shape index (κ3) is 4.35. The fourth-order valence-corrected chi connectivity index (χ4v) is 1.90. The first-order valence-electron chi connectivity index (χ1n) is 6.57. The van der Waals surface area contributed by atoms with Gasteiger partial charge in [-0.1, -0.05) is 18.2 Å². The zero-order chi connectivity index (χ0) is 17.0. The Hall–Kier alpha value is -2.77. The molecule has 1 aromatic heterocycles. The molecule has 122 valence electrons. The minimum absolute atomic E-state index is 0.186. The zero-order valence-corrected chi connectivity index (χ0v) is 12.0. The van der Waals surface area contributed by atoms with Crippen LogP contribution < -0.4 is 10.9 Å². The largest absolute Gasteiger partial charge is 0.469 e. The third-order valence-corrected chi connectivity index (χ3v) is 3.04. The second kappa shape index (κ2) is 6.55. The Morgan fingerprint density at radius 3 is 2.52 bits per heavy atom. The van der Waals surface area contributed by atoms with E-state index in [0.717, 1.165) is 12.1 Å². The lowest BCUT2D eigenvalue weighted by atomic mass is 10.1. The Bertz CT molecular complexity index is 723. The van der Waals surface area contributed by atoms with Gasteiger partial charge in [-0.15, -0.1) is 0 Å². The molecule has 0 radical (unpaired) electrons. The molecular formula is C15H13F3N2O3. The van der Waals surface area contributed by atoms with Crippen LogP contribution in [0, 0.1) is 6.92 Å². The van der Waals surface area contributed by atoms with E-state index < -0.39 is 23.6 Å². The van der Waals surface area contributed by atoms with E-state index in [1.165, 1.54) is 24.5 Å². The molecule has 0 aliphatic heterocycles. The van der Waals surface area contributed by atoms with Crippen LogP contribution >= 0.6 is 0 Å². The lowest BCUT2D eigenvalue weighted by Crippen LogP contribution is -2.42. The normalized spacial score (nSPS) is 11.1. The molecule has 0 bridgehead atoms. The van der Waals surface area contributed by atoms with Crippen molar-refractivity contribution < 1.29 is 27.2 Å². The highest BCUT2D eigenvalue weighted by Crippen LogP contribution is 2.29. The van der Waals surface area contributed by atoms with Gasteiger partial charge in [0.1, 0.15) is 5.76 Å². The highest BCUT2D eigenvalue weighted by atomic mass is 19.4. The molecule has 0 saturated carbocycles. The summed E-state index contributed by atoms with van der Waals surface area (Å²) < 4.78 is 42.7. The number of hydrazine groups is 1. The van der Waals surface area contributed by atoms with Gasteiger partial charge in [-0.2, -0.15) is 13.2 Å². The second-order valence-corrected chi connectivity index (χ2v) is 4.77. The molecule has 0 aliphatic carbocycles. The third-order valence-electron chi connectivity index (χ3n) is 3.04. The smallest absolute Gasteiger partial charge is 0.416 e. The molecule has 2 aromatic rings. The number of aryl methyl sites for hydroxylation is 1. The number of rotatable bonds is 3. The van der Waals surface area contributed by atoms with Crippen molar-refractivity contribution in [1.82, 2.24) is 10.9 Å². The monoisotopic (exact) mass is 326 g/mol. The summed E-state index contributed by atoms with van der Waals surface area (Å²) in [5, 5.41) is 0. The molecule has 1 heterocycles. The first kappa shape index (κ1) is 16.6. The second-order valence-electron chi connectivity index (χ2n) is 4.77. The van der Waals surface area contributed by atoms with Gasteiger partial charge in [0.2, 0.25) is 5.91 Å². The van der Waals surface area contributed by atoms with Crippen LogP contribution in [0.2, 0.25) is 0 Å². The van der Waals surface area contributed by atoms with E-state index in [0.29, 0.717) is 5.76 Å². The van der Waals surface area contributed by atoms with Crippen LogP contribution in [-0.4, -0.2) is 11.8 Å². The molecule has 1 aromatic carbocycles. The van der Waals surface area contributed by atoms with Crippen LogP contribution in [0.4, 0.5) is 13.2 Å². The summed E-state index contributed by atoms with van der Waals surface area (Å²) in [6, 6.07) is 5.87. The molecule has 0 aliphatic rings. The summed E-state index contributed by atoms with van der Waals surface area (Å²) in [5.74, 6) is -0.831. The summed E-state index contributed by atoms with van der Waals surface area (Å²) in [6.07, 6.45) is -3.44. The molecule has 8 heteroatoms. The Balaban J connectivity index is 1.93. The van der Waals surface area contributed by atoms with Gasteiger partial charge in [0.05, 0.1) is 23.8 Å². The highest BCUT2D eigenvalue weighted by Gasteiger charge is 2.30. The van der Waals surface area contributed by atoms with E-state index in [2.05, 4.69) is 10.9 Å². The number of halogens is 3. The lowest BCUT2D eigenvalue weighted by molar-refractivity contribution is -0.137. The molecule has 0 spiro atoms. The molecular weight excluding hydrogens is 313 g/mol. The van der Waals surface area contributed by atoms with Crippen LogP contribution in [0.1, 0.15) is 27.2 Å². The summed E-state index contributed by atoms with van der Waals surface area (Å²) >= 11 is 0. The zero-order valence-electron chi connectivity index (χ0n) is 12.0. The maximum absolute atomic E-state index is 12.6. The van der Waals surface area contributed by atoms with Gasteiger partial charge in [-0.25, -0.2) is 0 Å². The Labute approximate surface area is 129 Å². The van der Waals surface area contributed by atoms with E-state index in [4.69, 9.17) is 4.42 Å². The maximum atomic E-state index is 12.6. The van der Waals surface area contributed by atoms with Gasteiger partial charge in [-0.05, 0) is 24.6 Å². The van der Waals surface area contributed by atoms with E-state index in [-0.39, 0.29) is 17.5 Å². The average molecular weight is 326 g/mol. The summed E-state index contributed by atoms with van der Waals surface area (Å²) in [6.45, 7) is 1.58. The first-order valence-corrected chi connectivity index (χ1v) is 6.57. The fraction of sp³-hybridized carbons (Fsp3) is 0.200. The Morgan fingerprint density at radius 2 is 1.91 bits per heavy atom. The molecule has 0 atom stereocenters. The first-order chi connectivity index (χ1) is 10.8. The van der Waals surface area contributed by atoms with Gasteiger partial charge in [0.25, 0.3) is 5.91 Å². The molecule has 5 nitrogen and oxygen atoms in total. The van der Waals surface area contributed by atoms with Gasteiger partial charge in [0.15, 0.2) is 0 Å². The quantitative estimate of drug-likeness (QED) is 0.852. The summed E-state index contributed by atoms with van der Waals surface area (Å²) in [5.41, 5.74) is 3.92. The molecule has 0 saturated heterocycles. The fourth-order valence-electron chi connectivity index (χ4n) is 1.90. The molecule has 2 amide bonds. The van der Waals surface area contributed by atoms with Gasteiger partial charge >= 0.3 is 6.18 Å². The summed E-state index contributed by atoms with van der Waals surface area (Å²) in [7, 11) is 0. The minimum atomic E-state index is -4.47. The highest BCUT2D eigenvalue weighted by molar-refractivity contribution is 5.96. The number of amides is 2. The molecule has 0 fully saturated rings. The van der Waals surface area contributed by atoms with Crippen LogP contribution in [0.5, 0.6) is 0 Å². The maximum Gasteiger partial charge on any atom is 0.416 e. The van der Waals surface area contributed by atoms with Crippen LogP contribution in [0.25, 0.3) is 0 Å². The number of carbonyl (C=O) groups excluding carboxylic acids is 2. The van der Waals surface area contributed by atoms with Crippen molar-refractivity contribution in [3.8, 4) is 0 Å². The van der Waals surface area contributed by atoms with Gasteiger partial charge in [-0.3, -0.25) is 20.4 Å². The van der Waals surface area contributed by atoms with Crippen molar-refractivity contribution in [2.24, 2.45) is 0 Å². The number of furan rings is 1. The van der Waals surface area contributed by atoms with Crippen molar-refractivity contribution in [1.29, 1.82) is 0 Å². The van der Waals surface area contributed by atoms with E-state index in [9.17, 15) is 22.8 Å². The number of nitrogens with one attached hydrogen (secondary N) is 2. The van der Waals surface area contributed by atoms with Crippen molar-refractivity contribution in [2.45, 2.75) is 19.5 Å². The number of hydrogen-bond acceptors (Lipinski definition) is 3.